The Morgan fingerprint density at radius 1 is 1.39 bits per heavy atom. The molecular weight excluding hydrogens is 226 g/mol. The highest BCUT2D eigenvalue weighted by Gasteiger charge is 2.38. The number of hydrogen-bond acceptors (Lipinski definition) is 2. The first-order valence-corrected chi connectivity index (χ1v) is 6.48. The highest BCUT2D eigenvalue weighted by molar-refractivity contribution is 5.75. The molecule has 1 atom stereocenters. The van der Waals surface area contributed by atoms with Gasteiger partial charge in [-0.2, -0.15) is 0 Å². The number of nitrogens with zero attached hydrogens (tertiary/aromatic N) is 1. The Bertz CT molecular complexity index is 470. The highest BCUT2D eigenvalue weighted by atomic mass is 16.4. The van der Waals surface area contributed by atoms with Gasteiger partial charge in [0.1, 0.15) is 0 Å². The van der Waals surface area contributed by atoms with E-state index in [0.717, 1.165) is 19.4 Å². The normalized spacial score (nSPS) is 24.1. The molecule has 98 valence electrons. The fourth-order valence-electron chi connectivity index (χ4n) is 2.78. The molecule has 0 aliphatic carbocycles. The van der Waals surface area contributed by atoms with Crippen molar-refractivity contribution in [3.05, 3.63) is 29.3 Å². The molecular formula is C15H21NO2. The average molecular weight is 247 g/mol. The summed E-state index contributed by atoms with van der Waals surface area (Å²) in [5.74, 6) is -0.683. The summed E-state index contributed by atoms with van der Waals surface area (Å²) in [4.78, 5) is 13.6. The molecule has 18 heavy (non-hydrogen) atoms. The summed E-state index contributed by atoms with van der Waals surface area (Å²) < 4.78 is 0. The molecule has 1 N–H and O–H groups in total. The van der Waals surface area contributed by atoms with Crippen molar-refractivity contribution in [1.29, 1.82) is 0 Å². The second-order valence-corrected chi connectivity index (χ2v) is 5.68. The predicted octanol–water partition coefficient (Wildman–Crippen LogP) is 2.99. The van der Waals surface area contributed by atoms with Crippen LogP contribution in [0, 0.1) is 19.3 Å². The Morgan fingerprint density at radius 3 is 2.72 bits per heavy atom. The van der Waals surface area contributed by atoms with Crippen LogP contribution in [0.3, 0.4) is 0 Å². The van der Waals surface area contributed by atoms with Crippen molar-refractivity contribution in [1.82, 2.24) is 0 Å². The van der Waals surface area contributed by atoms with Gasteiger partial charge in [-0.25, -0.2) is 0 Å². The second-order valence-electron chi connectivity index (χ2n) is 5.68. The first kappa shape index (κ1) is 12.9. The van der Waals surface area contributed by atoms with Gasteiger partial charge in [0, 0.05) is 18.8 Å². The molecule has 1 fully saturated rings. The van der Waals surface area contributed by atoms with Crippen molar-refractivity contribution in [2.24, 2.45) is 5.41 Å². The predicted molar refractivity (Wildman–Crippen MR) is 73.1 cm³/mol. The van der Waals surface area contributed by atoms with E-state index in [-0.39, 0.29) is 0 Å². The molecule has 0 spiro atoms. The summed E-state index contributed by atoms with van der Waals surface area (Å²) in [5.41, 5.74) is 3.03. The van der Waals surface area contributed by atoms with E-state index in [2.05, 4.69) is 36.9 Å². The number of anilines is 1. The third kappa shape index (κ3) is 2.35. The lowest BCUT2D eigenvalue weighted by Crippen LogP contribution is -2.46. The summed E-state index contributed by atoms with van der Waals surface area (Å²) in [6, 6.07) is 6.36. The van der Waals surface area contributed by atoms with Crippen molar-refractivity contribution >= 4 is 11.7 Å². The van der Waals surface area contributed by atoms with Gasteiger partial charge in [-0.3, -0.25) is 4.79 Å². The van der Waals surface area contributed by atoms with Gasteiger partial charge in [-0.15, -0.1) is 0 Å². The van der Waals surface area contributed by atoms with E-state index in [1.807, 2.05) is 6.92 Å². The zero-order chi connectivity index (χ0) is 13.3. The second kappa shape index (κ2) is 4.63. The zero-order valence-electron chi connectivity index (χ0n) is 11.4. The Kier molecular flexibility index (Phi) is 3.33. The number of carboxylic acids is 1. The summed E-state index contributed by atoms with van der Waals surface area (Å²) in [5, 5.41) is 9.35. The molecule has 1 aliphatic heterocycles. The maximum Gasteiger partial charge on any atom is 0.311 e. The van der Waals surface area contributed by atoms with Gasteiger partial charge in [0.2, 0.25) is 0 Å². The van der Waals surface area contributed by atoms with Crippen molar-refractivity contribution in [2.75, 3.05) is 18.0 Å². The van der Waals surface area contributed by atoms with Crippen LogP contribution in [0.4, 0.5) is 5.69 Å². The molecule has 1 aromatic carbocycles. The van der Waals surface area contributed by atoms with Crippen LogP contribution in [0.5, 0.6) is 0 Å². The van der Waals surface area contributed by atoms with Gasteiger partial charge in [-0.1, -0.05) is 17.7 Å². The molecule has 0 bridgehead atoms. The van der Waals surface area contributed by atoms with Crippen LogP contribution in [0.1, 0.15) is 30.9 Å². The number of carboxylic acid groups (broad SMARTS) is 1. The molecule has 0 saturated carbocycles. The Labute approximate surface area is 108 Å². The SMILES string of the molecule is Cc1ccc(N2CCCC(C)(C(=O)O)C2)c(C)c1. The van der Waals surface area contributed by atoms with Crippen LogP contribution in [0.25, 0.3) is 0 Å². The summed E-state index contributed by atoms with van der Waals surface area (Å²) >= 11 is 0. The van der Waals surface area contributed by atoms with E-state index in [0.29, 0.717) is 6.54 Å². The maximum absolute atomic E-state index is 11.4. The van der Waals surface area contributed by atoms with Crippen LogP contribution < -0.4 is 4.90 Å². The fourth-order valence-corrected chi connectivity index (χ4v) is 2.78. The van der Waals surface area contributed by atoms with Gasteiger partial charge in [-0.05, 0) is 45.2 Å². The molecule has 0 aromatic heterocycles. The van der Waals surface area contributed by atoms with Crippen LogP contribution >= 0.6 is 0 Å². The van der Waals surface area contributed by atoms with Crippen molar-refractivity contribution < 1.29 is 9.90 Å². The van der Waals surface area contributed by atoms with Crippen LogP contribution in [0.15, 0.2) is 18.2 Å². The Morgan fingerprint density at radius 2 is 2.11 bits per heavy atom. The monoisotopic (exact) mass is 247 g/mol. The molecule has 0 amide bonds. The third-order valence-electron chi connectivity index (χ3n) is 3.91. The van der Waals surface area contributed by atoms with E-state index in [1.54, 1.807) is 0 Å². The molecule has 1 aromatic rings. The summed E-state index contributed by atoms with van der Waals surface area (Å²) in [6.45, 7) is 7.58. The van der Waals surface area contributed by atoms with Gasteiger partial charge < -0.3 is 10.0 Å². The van der Waals surface area contributed by atoms with E-state index in [9.17, 15) is 9.90 Å². The molecule has 2 rings (SSSR count). The largest absolute Gasteiger partial charge is 0.481 e. The molecule has 1 unspecified atom stereocenters. The third-order valence-corrected chi connectivity index (χ3v) is 3.91. The molecule has 3 nitrogen and oxygen atoms in total. The number of carbonyl (C=O) groups is 1. The van der Waals surface area contributed by atoms with Gasteiger partial charge in [0.05, 0.1) is 5.41 Å². The lowest BCUT2D eigenvalue weighted by molar-refractivity contribution is -0.148. The van der Waals surface area contributed by atoms with Gasteiger partial charge in [0.25, 0.3) is 0 Å². The number of rotatable bonds is 2. The van der Waals surface area contributed by atoms with Gasteiger partial charge in [0.15, 0.2) is 0 Å². The number of piperidine rings is 1. The Balaban J connectivity index is 2.26. The topological polar surface area (TPSA) is 40.5 Å². The quantitative estimate of drug-likeness (QED) is 0.873. The average Bonchev–Trinajstić information content (AvgIpc) is 2.28. The number of hydrogen-bond donors (Lipinski definition) is 1. The molecule has 3 heteroatoms. The van der Waals surface area contributed by atoms with Crippen molar-refractivity contribution in [2.45, 2.75) is 33.6 Å². The summed E-state index contributed by atoms with van der Waals surface area (Å²) in [6.07, 6.45) is 1.71. The number of benzene rings is 1. The minimum Gasteiger partial charge on any atom is -0.481 e. The minimum atomic E-state index is -0.683. The molecule has 1 saturated heterocycles. The lowest BCUT2D eigenvalue weighted by Gasteiger charge is -2.39. The fraction of sp³-hybridized carbons (Fsp3) is 0.533. The molecule has 1 heterocycles. The maximum atomic E-state index is 11.4. The number of aryl methyl sites for hydroxylation is 2. The van der Waals surface area contributed by atoms with E-state index in [4.69, 9.17) is 0 Å². The van der Waals surface area contributed by atoms with Crippen LogP contribution in [0.2, 0.25) is 0 Å². The minimum absolute atomic E-state index is 0.603. The van der Waals surface area contributed by atoms with Crippen LogP contribution in [-0.4, -0.2) is 24.2 Å². The van der Waals surface area contributed by atoms with Crippen molar-refractivity contribution in [3.63, 3.8) is 0 Å². The van der Waals surface area contributed by atoms with E-state index in [1.165, 1.54) is 16.8 Å². The molecule has 1 aliphatic rings. The molecule has 0 radical (unpaired) electrons. The number of aliphatic carboxylic acids is 1. The first-order valence-electron chi connectivity index (χ1n) is 6.48. The van der Waals surface area contributed by atoms with Gasteiger partial charge >= 0.3 is 5.97 Å². The van der Waals surface area contributed by atoms with Crippen LogP contribution in [-0.2, 0) is 4.79 Å². The standard InChI is InChI=1S/C15H21NO2/c1-11-5-6-13(12(2)9-11)16-8-4-7-15(3,10-16)14(17)18/h5-6,9H,4,7-8,10H2,1-3H3,(H,17,18). The van der Waals surface area contributed by atoms with E-state index < -0.39 is 11.4 Å². The lowest BCUT2D eigenvalue weighted by atomic mass is 9.81. The van der Waals surface area contributed by atoms with E-state index >= 15 is 0 Å². The van der Waals surface area contributed by atoms with Crippen molar-refractivity contribution in [3.8, 4) is 0 Å². The Hall–Kier alpha value is -1.51. The summed E-state index contributed by atoms with van der Waals surface area (Å²) in [7, 11) is 0. The highest BCUT2D eigenvalue weighted by Crippen LogP contribution is 2.33. The zero-order valence-corrected chi connectivity index (χ0v) is 11.4. The smallest absolute Gasteiger partial charge is 0.311 e. The first-order chi connectivity index (χ1) is 8.42.